The van der Waals surface area contributed by atoms with Gasteiger partial charge in [0.05, 0.1) is 0 Å². The van der Waals surface area contributed by atoms with E-state index in [0.29, 0.717) is 13.0 Å². The van der Waals surface area contributed by atoms with Crippen LogP contribution >= 0.6 is 0 Å². The molecule has 0 aromatic heterocycles. The highest BCUT2D eigenvalue weighted by Crippen LogP contribution is 2.13. The van der Waals surface area contributed by atoms with E-state index in [2.05, 4.69) is 0 Å². The summed E-state index contributed by atoms with van der Waals surface area (Å²) in [6, 6.07) is 0. The second kappa shape index (κ2) is 7.04. The van der Waals surface area contributed by atoms with Crippen molar-refractivity contribution >= 4 is 11.9 Å². The van der Waals surface area contributed by atoms with Gasteiger partial charge in [0.2, 0.25) is 5.91 Å². The SMILES string of the molecule is CN(C)C(=O)CCN.O=C(O)C(F)(F)F. The Morgan fingerprint density at radius 3 is 1.73 bits per heavy atom. The average molecular weight is 230 g/mol. The molecule has 0 saturated heterocycles. The number of hydrogen-bond acceptors (Lipinski definition) is 3. The van der Waals surface area contributed by atoms with Gasteiger partial charge >= 0.3 is 12.1 Å². The lowest BCUT2D eigenvalue weighted by Gasteiger charge is -2.07. The first-order chi connectivity index (χ1) is 6.62. The van der Waals surface area contributed by atoms with Gasteiger partial charge in [-0.15, -0.1) is 0 Å². The number of carboxylic acid groups (broad SMARTS) is 1. The molecule has 0 heterocycles. The summed E-state index contributed by atoms with van der Waals surface area (Å²) in [7, 11) is 3.44. The molecule has 0 radical (unpaired) electrons. The number of alkyl halides is 3. The van der Waals surface area contributed by atoms with Crippen LogP contribution in [-0.2, 0) is 9.59 Å². The first kappa shape index (κ1) is 16.1. The zero-order valence-electron chi connectivity index (χ0n) is 8.34. The predicted molar refractivity (Wildman–Crippen MR) is 46.1 cm³/mol. The Balaban J connectivity index is 0. The van der Waals surface area contributed by atoms with Crippen molar-refractivity contribution in [3.05, 3.63) is 0 Å². The van der Waals surface area contributed by atoms with Crippen LogP contribution in [-0.4, -0.2) is 48.7 Å². The smallest absolute Gasteiger partial charge is 0.475 e. The van der Waals surface area contributed by atoms with E-state index in [1.54, 1.807) is 14.1 Å². The monoisotopic (exact) mass is 230 g/mol. The fourth-order valence-corrected chi connectivity index (χ4v) is 0.347. The van der Waals surface area contributed by atoms with Gasteiger partial charge in [-0.05, 0) is 0 Å². The van der Waals surface area contributed by atoms with Gasteiger partial charge in [-0.3, -0.25) is 4.79 Å². The third-order valence-corrected chi connectivity index (χ3v) is 1.10. The van der Waals surface area contributed by atoms with Crippen LogP contribution in [0.15, 0.2) is 0 Å². The lowest BCUT2D eigenvalue weighted by atomic mass is 10.4. The van der Waals surface area contributed by atoms with Gasteiger partial charge in [-0.1, -0.05) is 0 Å². The molecule has 0 saturated carbocycles. The van der Waals surface area contributed by atoms with Crippen molar-refractivity contribution in [3.8, 4) is 0 Å². The molecule has 0 aromatic rings. The number of halogens is 3. The maximum absolute atomic E-state index is 10.6. The number of amides is 1. The van der Waals surface area contributed by atoms with E-state index in [0.717, 1.165) is 0 Å². The number of hydrogen-bond donors (Lipinski definition) is 2. The maximum atomic E-state index is 10.6. The second-order valence-electron chi connectivity index (χ2n) is 2.63. The summed E-state index contributed by atoms with van der Waals surface area (Å²) in [6.45, 7) is 0.441. The molecule has 90 valence electrons. The summed E-state index contributed by atoms with van der Waals surface area (Å²) in [5.74, 6) is -2.67. The molecule has 8 heteroatoms. The van der Waals surface area contributed by atoms with Crippen molar-refractivity contribution in [1.82, 2.24) is 4.90 Å². The van der Waals surface area contributed by atoms with Gasteiger partial charge in [0, 0.05) is 27.1 Å². The lowest BCUT2D eigenvalue weighted by Crippen LogP contribution is -2.23. The quantitative estimate of drug-likeness (QED) is 0.702. The zero-order chi connectivity index (χ0) is 12.6. The van der Waals surface area contributed by atoms with Crippen LogP contribution in [0.5, 0.6) is 0 Å². The number of carboxylic acids is 1. The topological polar surface area (TPSA) is 83.6 Å². The Labute approximate surface area is 84.6 Å². The van der Waals surface area contributed by atoms with E-state index in [4.69, 9.17) is 15.6 Å². The molecule has 0 atom stereocenters. The van der Waals surface area contributed by atoms with Crippen molar-refractivity contribution in [2.45, 2.75) is 12.6 Å². The zero-order valence-corrected chi connectivity index (χ0v) is 8.34. The molecule has 0 unspecified atom stereocenters. The summed E-state index contributed by atoms with van der Waals surface area (Å²) in [4.78, 5) is 21.0. The fraction of sp³-hybridized carbons (Fsp3) is 0.714. The Morgan fingerprint density at radius 1 is 1.33 bits per heavy atom. The van der Waals surface area contributed by atoms with Gasteiger partial charge in [0.15, 0.2) is 0 Å². The number of carbonyl (C=O) groups excluding carboxylic acids is 1. The minimum atomic E-state index is -5.08. The molecule has 15 heavy (non-hydrogen) atoms. The van der Waals surface area contributed by atoms with Crippen molar-refractivity contribution < 1.29 is 27.9 Å². The molecule has 5 nitrogen and oxygen atoms in total. The summed E-state index contributed by atoms with van der Waals surface area (Å²) < 4.78 is 31.7. The van der Waals surface area contributed by atoms with E-state index < -0.39 is 12.1 Å². The number of nitrogens with two attached hydrogens (primary N) is 1. The highest BCUT2D eigenvalue weighted by atomic mass is 19.4. The van der Waals surface area contributed by atoms with Crippen LogP contribution in [0.4, 0.5) is 13.2 Å². The lowest BCUT2D eigenvalue weighted by molar-refractivity contribution is -0.192. The highest BCUT2D eigenvalue weighted by Gasteiger charge is 2.38. The standard InChI is InChI=1S/C5H12N2O.C2HF3O2/c1-7(2)5(8)3-4-6;3-2(4,5)1(6)7/h3-4,6H2,1-2H3;(H,6,7). The second-order valence-corrected chi connectivity index (χ2v) is 2.63. The predicted octanol–water partition coefficient (Wildman–Crippen LogP) is 0.0567. The molecule has 3 N–H and O–H groups in total. The molecule has 1 amide bonds. The largest absolute Gasteiger partial charge is 0.490 e. The Bertz CT molecular complexity index is 216. The molecule has 0 bridgehead atoms. The van der Waals surface area contributed by atoms with Crippen molar-refractivity contribution in [1.29, 1.82) is 0 Å². The first-order valence-electron chi connectivity index (χ1n) is 3.83. The Kier molecular flexibility index (Phi) is 7.58. The van der Waals surface area contributed by atoms with Crippen LogP contribution in [0, 0.1) is 0 Å². The van der Waals surface area contributed by atoms with Crippen LogP contribution < -0.4 is 5.73 Å². The molecule has 0 aliphatic carbocycles. The van der Waals surface area contributed by atoms with Gasteiger partial charge in [0.1, 0.15) is 0 Å². The third kappa shape index (κ3) is 10.6. The average Bonchev–Trinajstić information content (AvgIpc) is 2.03. The summed E-state index contributed by atoms with van der Waals surface area (Å²) >= 11 is 0. The van der Waals surface area contributed by atoms with E-state index in [9.17, 15) is 18.0 Å². The van der Waals surface area contributed by atoms with Crippen LogP contribution in [0.2, 0.25) is 0 Å². The van der Waals surface area contributed by atoms with Gasteiger partial charge in [-0.25, -0.2) is 4.79 Å². The number of carbonyl (C=O) groups is 2. The Morgan fingerprint density at radius 2 is 1.67 bits per heavy atom. The highest BCUT2D eigenvalue weighted by molar-refractivity contribution is 5.75. The molecule has 0 aromatic carbocycles. The molecule has 0 fully saturated rings. The first-order valence-corrected chi connectivity index (χ1v) is 3.83. The maximum Gasteiger partial charge on any atom is 0.490 e. The normalized spacial score (nSPS) is 10.0. The van der Waals surface area contributed by atoms with E-state index in [-0.39, 0.29) is 5.91 Å². The number of nitrogens with zero attached hydrogens (tertiary/aromatic N) is 1. The van der Waals surface area contributed by atoms with Crippen LogP contribution in [0.3, 0.4) is 0 Å². The van der Waals surface area contributed by atoms with Gasteiger partial charge in [0.25, 0.3) is 0 Å². The summed E-state index contributed by atoms with van der Waals surface area (Å²) in [6.07, 6.45) is -4.63. The number of rotatable bonds is 2. The van der Waals surface area contributed by atoms with Gasteiger partial charge < -0.3 is 15.7 Å². The fourth-order valence-electron chi connectivity index (χ4n) is 0.347. The van der Waals surface area contributed by atoms with Crippen LogP contribution in [0.25, 0.3) is 0 Å². The minimum Gasteiger partial charge on any atom is -0.475 e. The third-order valence-electron chi connectivity index (χ3n) is 1.10. The number of aliphatic carboxylic acids is 1. The Hall–Kier alpha value is -1.31. The van der Waals surface area contributed by atoms with E-state index >= 15 is 0 Å². The molecule has 0 aliphatic heterocycles. The minimum absolute atomic E-state index is 0.0903. The molecule has 0 aliphatic rings. The molecular formula is C7H13F3N2O3. The molecule has 0 spiro atoms. The van der Waals surface area contributed by atoms with Crippen LogP contribution in [0.1, 0.15) is 6.42 Å². The van der Waals surface area contributed by atoms with Crippen molar-refractivity contribution in [2.24, 2.45) is 5.73 Å². The summed E-state index contributed by atoms with van der Waals surface area (Å²) in [5.41, 5.74) is 5.12. The summed E-state index contributed by atoms with van der Waals surface area (Å²) in [5, 5.41) is 7.12. The molecular weight excluding hydrogens is 217 g/mol. The molecule has 0 rings (SSSR count). The van der Waals surface area contributed by atoms with E-state index in [1.807, 2.05) is 0 Å². The van der Waals surface area contributed by atoms with E-state index in [1.165, 1.54) is 4.90 Å². The van der Waals surface area contributed by atoms with Crippen molar-refractivity contribution in [2.75, 3.05) is 20.6 Å². The van der Waals surface area contributed by atoms with Gasteiger partial charge in [-0.2, -0.15) is 13.2 Å². The van der Waals surface area contributed by atoms with Crippen molar-refractivity contribution in [3.63, 3.8) is 0 Å².